The summed E-state index contributed by atoms with van der Waals surface area (Å²) in [6.07, 6.45) is 2.09. The van der Waals surface area contributed by atoms with Crippen LogP contribution in [0.3, 0.4) is 0 Å². The molecule has 4 heteroatoms. The van der Waals surface area contributed by atoms with Crippen molar-refractivity contribution in [1.29, 1.82) is 0 Å². The summed E-state index contributed by atoms with van der Waals surface area (Å²) >= 11 is 0. The van der Waals surface area contributed by atoms with Crippen LogP contribution in [0.5, 0.6) is 23.0 Å². The van der Waals surface area contributed by atoms with E-state index >= 15 is 0 Å². The van der Waals surface area contributed by atoms with Crippen LogP contribution in [-0.2, 0) is 7.05 Å². The molecule has 0 bridgehead atoms. The van der Waals surface area contributed by atoms with E-state index in [1.165, 1.54) is 16.8 Å². The zero-order chi connectivity index (χ0) is 24.6. The molecule has 0 N–H and O–H groups in total. The highest BCUT2D eigenvalue weighted by atomic mass is 16.5. The minimum Gasteiger partial charge on any atom is -0.458 e. The number of hydrogen-bond donors (Lipinski definition) is 0. The van der Waals surface area contributed by atoms with E-state index < -0.39 is 0 Å². The van der Waals surface area contributed by atoms with Gasteiger partial charge in [0.1, 0.15) is 30.0 Å². The van der Waals surface area contributed by atoms with Gasteiger partial charge in [-0.3, -0.25) is 0 Å². The second kappa shape index (κ2) is 9.05. The van der Waals surface area contributed by atoms with Gasteiger partial charge in [0, 0.05) is 17.7 Å². The topological polar surface area (TPSA) is 22.3 Å². The summed E-state index contributed by atoms with van der Waals surface area (Å²) in [5.41, 5.74) is 8.04. The Morgan fingerprint density at radius 2 is 1.33 bits per heavy atom. The maximum atomic E-state index is 6.54. The van der Waals surface area contributed by atoms with E-state index in [2.05, 4.69) is 104 Å². The molecule has 0 spiro atoms. The van der Waals surface area contributed by atoms with Crippen molar-refractivity contribution in [3.63, 3.8) is 0 Å². The van der Waals surface area contributed by atoms with Crippen molar-refractivity contribution in [3.05, 3.63) is 120 Å². The Morgan fingerprint density at radius 1 is 0.639 bits per heavy atom. The number of aryl methyl sites for hydroxylation is 3. The fourth-order valence-corrected chi connectivity index (χ4v) is 5.13. The van der Waals surface area contributed by atoms with Gasteiger partial charge in [-0.25, -0.2) is 4.57 Å². The third-order valence-corrected chi connectivity index (χ3v) is 6.99. The summed E-state index contributed by atoms with van der Waals surface area (Å²) in [4.78, 5) is 0. The average molecular weight is 468 g/mol. The third kappa shape index (κ3) is 3.85. The van der Waals surface area contributed by atoms with Gasteiger partial charge in [0.05, 0.1) is 0 Å². The maximum Gasteiger partial charge on any atom is 0.255 e. The third-order valence-electron chi connectivity index (χ3n) is 6.99. The number of ether oxygens (including phenoxy) is 2. The summed E-state index contributed by atoms with van der Waals surface area (Å²) in [7, 11) is 2.09. The first-order valence-corrected chi connectivity index (χ1v) is 12.3. The van der Waals surface area contributed by atoms with Crippen LogP contribution >= 0.6 is 0 Å². The van der Waals surface area contributed by atoms with Gasteiger partial charge < -0.3 is 9.47 Å². The largest absolute Gasteiger partial charge is 0.458 e. The lowest BCUT2D eigenvalue weighted by atomic mass is 9.35. The van der Waals surface area contributed by atoms with Gasteiger partial charge in [0.25, 0.3) is 6.71 Å². The molecule has 4 aromatic carbocycles. The van der Waals surface area contributed by atoms with E-state index in [0.717, 1.165) is 44.9 Å². The predicted molar refractivity (Wildman–Crippen MR) is 147 cm³/mol. The van der Waals surface area contributed by atoms with Gasteiger partial charge in [-0.15, -0.1) is 0 Å². The van der Waals surface area contributed by atoms with E-state index in [4.69, 9.17) is 9.47 Å². The number of hydrogen-bond acceptors (Lipinski definition) is 2. The van der Waals surface area contributed by atoms with Crippen molar-refractivity contribution in [2.45, 2.75) is 13.8 Å². The molecule has 5 aromatic rings. The monoisotopic (exact) mass is 468 g/mol. The number of rotatable bonds is 4. The maximum absolute atomic E-state index is 6.54. The van der Waals surface area contributed by atoms with Crippen LogP contribution in [-0.4, -0.2) is 6.71 Å². The zero-order valence-corrected chi connectivity index (χ0v) is 20.7. The molecule has 0 radical (unpaired) electrons. The zero-order valence-electron chi connectivity index (χ0n) is 20.7. The lowest BCUT2D eigenvalue weighted by Crippen LogP contribution is -2.55. The number of pyridine rings is 1. The quantitative estimate of drug-likeness (QED) is 0.262. The summed E-state index contributed by atoms with van der Waals surface area (Å²) in [5.74, 6) is 3.50. The number of benzene rings is 4. The Bertz CT molecular complexity index is 1590. The van der Waals surface area contributed by atoms with E-state index in [9.17, 15) is 0 Å². The summed E-state index contributed by atoms with van der Waals surface area (Å²) in [5, 5.41) is 0. The molecule has 0 fully saturated rings. The van der Waals surface area contributed by atoms with E-state index in [1.54, 1.807) is 0 Å². The second-order valence-corrected chi connectivity index (χ2v) is 9.38. The van der Waals surface area contributed by atoms with Crippen molar-refractivity contribution in [3.8, 4) is 34.3 Å². The van der Waals surface area contributed by atoms with Crippen molar-refractivity contribution >= 4 is 23.1 Å². The van der Waals surface area contributed by atoms with Crippen molar-refractivity contribution in [1.82, 2.24) is 0 Å². The molecular weight excluding hydrogens is 441 g/mol. The molecule has 0 atom stereocenters. The van der Waals surface area contributed by atoms with Gasteiger partial charge >= 0.3 is 0 Å². The Kier molecular flexibility index (Phi) is 5.57. The van der Waals surface area contributed by atoms with Crippen LogP contribution in [0.25, 0.3) is 11.3 Å². The molecule has 1 aromatic heterocycles. The van der Waals surface area contributed by atoms with Crippen molar-refractivity contribution in [2.75, 3.05) is 0 Å². The molecule has 0 unspecified atom stereocenters. The summed E-state index contributed by atoms with van der Waals surface area (Å²) in [6, 6.07) is 35.6. The fourth-order valence-electron chi connectivity index (χ4n) is 5.13. The molecule has 174 valence electrons. The highest BCUT2D eigenvalue weighted by molar-refractivity contribution is 6.97. The van der Waals surface area contributed by atoms with Gasteiger partial charge in [-0.05, 0) is 77.8 Å². The highest BCUT2D eigenvalue weighted by Gasteiger charge is 2.35. The van der Waals surface area contributed by atoms with Crippen LogP contribution in [0, 0.1) is 13.8 Å². The van der Waals surface area contributed by atoms with Gasteiger partial charge in [0.15, 0.2) is 6.20 Å². The fraction of sp³-hybridized carbons (Fsp3) is 0.0938. The molecule has 1 aliphatic heterocycles. The summed E-state index contributed by atoms with van der Waals surface area (Å²) in [6.45, 7) is 4.20. The standard InChI is InChI=1S/C32H27BNO2/c1-22-12-4-7-16-29(22)35-30-17-8-5-13-25(30)33-26-14-6-9-18-31(26)36-32-20-23(2)24(21-27(32)33)28-15-10-11-19-34(28)3/h4-21H,1-3H3/q+1. The van der Waals surface area contributed by atoms with E-state index in [1.807, 2.05) is 30.3 Å². The highest BCUT2D eigenvalue weighted by Crippen LogP contribution is 2.31. The van der Waals surface area contributed by atoms with Crippen LogP contribution in [0.1, 0.15) is 11.1 Å². The lowest BCUT2D eigenvalue weighted by Gasteiger charge is -2.28. The number of aromatic nitrogens is 1. The van der Waals surface area contributed by atoms with Crippen LogP contribution < -0.4 is 30.4 Å². The molecular formula is C32H27BNO2+. The number of nitrogens with zero attached hydrogens (tertiary/aromatic N) is 1. The molecule has 6 rings (SSSR count). The lowest BCUT2D eigenvalue weighted by molar-refractivity contribution is -0.660. The van der Waals surface area contributed by atoms with Gasteiger partial charge in [-0.1, -0.05) is 54.6 Å². The molecule has 0 saturated heterocycles. The molecule has 3 nitrogen and oxygen atoms in total. The first-order valence-electron chi connectivity index (χ1n) is 12.3. The second-order valence-electron chi connectivity index (χ2n) is 9.38. The Morgan fingerprint density at radius 3 is 2.14 bits per heavy atom. The molecule has 1 aliphatic rings. The van der Waals surface area contributed by atoms with E-state index in [0.29, 0.717) is 0 Å². The Hall–Kier alpha value is -4.31. The molecule has 2 heterocycles. The average Bonchev–Trinajstić information content (AvgIpc) is 2.89. The van der Waals surface area contributed by atoms with Gasteiger partial charge in [0.2, 0.25) is 5.69 Å². The molecule has 0 saturated carbocycles. The molecule has 36 heavy (non-hydrogen) atoms. The summed E-state index contributed by atoms with van der Waals surface area (Å²) < 4.78 is 15.2. The normalized spacial score (nSPS) is 11.9. The van der Waals surface area contributed by atoms with E-state index in [-0.39, 0.29) is 6.71 Å². The molecule has 0 aliphatic carbocycles. The SMILES string of the molecule is Cc1ccccc1Oc1ccccc1B1c2ccccc2Oc2cc(C)c(-c3cccc[n+]3C)cc21. The number of fused-ring (bicyclic) bond motifs is 2. The van der Waals surface area contributed by atoms with Crippen molar-refractivity contribution < 1.29 is 14.0 Å². The Labute approximate surface area is 212 Å². The minimum atomic E-state index is -0.0291. The van der Waals surface area contributed by atoms with Crippen molar-refractivity contribution in [2.24, 2.45) is 7.05 Å². The molecule has 0 amide bonds. The van der Waals surface area contributed by atoms with Crippen LogP contribution in [0.2, 0.25) is 0 Å². The number of para-hydroxylation sites is 3. The first-order chi connectivity index (χ1) is 17.6. The minimum absolute atomic E-state index is 0.0291. The smallest absolute Gasteiger partial charge is 0.255 e. The van der Waals surface area contributed by atoms with Gasteiger partial charge in [-0.2, -0.15) is 0 Å². The van der Waals surface area contributed by atoms with Crippen LogP contribution in [0.4, 0.5) is 0 Å². The Balaban J connectivity index is 1.56. The predicted octanol–water partition coefficient (Wildman–Crippen LogP) is 5.21. The van der Waals surface area contributed by atoms with Crippen LogP contribution in [0.15, 0.2) is 109 Å². The first kappa shape index (κ1) is 22.2.